The van der Waals surface area contributed by atoms with Gasteiger partial charge in [0.05, 0.1) is 5.69 Å². The van der Waals surface area contributed by atoms with Gasteiger partial charge in [0.25, 0.3) is 0 Å². The molecule has 0 aliphatic carbocycles. The molecular weight excluding hydrogens is 196 g/mol. The molecule has 5 nitrogen and oxygen atoms in total. The molecule has 0 spiro atoms. The molecule has 0 unspecified atom stereocenters. The Hall–Kier alpha value is -2.17. The molecule has 0 fully saturated rings. The van der Waals surface area contributed by atoms with Crippen molar-refractivity contribution in [3.05, 3.63) is 41.8 Å². The maximum Gasteiger partial charge on any atom is 0.359 e. The molecule has 0 radical (unpaired) electrons. The van der Waals surface area contributed by atoms with E-state index in [-0.39, 0.29) is 5.76 Å². The average molecular weight is 206 g/mol. The smallest absolute Gasteiger partial charge is 0.359 e. The van der Waals surface area contributed by atoms with Crippen LogP contribution in [-0.4, -0.2) is 16.2 Å². The largest absolute Gasteiger partial charge is 0.510 e. The summed E-state index contributed by atoms with van der Waals surface area (Å²) in [7, 11) is 0. The van der Waals surface area contributed by atoms with Crippen LogP contribution in [0, 0.1) is 0 Å². The van der Waals surface area contributed by atoms with Crippen molar-refractivity contribution in [2.24, 2.45) is 10.2 Å². The predicted molar refractivity (Wildman–Crippen MR) is 53.9 cm³/mol. The van der Waals surface area contributed by atoms with E-state index in [0.29, 0.717) is 5.69 Å². The molecule has 0 saturated heterocycles. The molecule has 1 rings (SSSR count). The first kappa shape index (κ1) is 10.9. The summed E-state index contributed by atoms with van der Waals surface area (Å²) in [4.78, 5) is 10.6. The zero-order valence-electron chi connectivity index (χ0n) is 8.08. The summed E-state index contributed by atoms with van der Waals surface area (Å²) in [6, 6.07) is 8.67. The van der Waals surface area contributed by atoms with Gasteiger partial charge < -0.3 is 10.2 Å². The molecule has 0 aliphatic heterocycles. The fourth-order valence-electron chi connectivity index (χ4n) is 0.872. The van der Waals surface area contributed by atoms with E-state index >= 15 is 0 Å². The third-order valence-corrected chi connectivity index (χ3v) is 1.57. The van der Waals surface area contributed by atoms with E-state index in [2.05, 4.69) is 10.2 Å². The zero-order chi connectivity index (χ0) is 11.3. The molecule has 0 heterocycles. The lowest BCUT2D eigenvalue weighted by molar-refractivity contribution is -0.132. The zero-order valence-corrected chi connectivity index (χ0v) is 8.08. The first-order valence-corrected chi connectivity index (χ1v) is 4.21. The minimum Gasteiger partial charge on any atom is -0.510 e. The fraction of sp³-hybridized carbons (Fsp3) is 0.100. The van der Waals surface area contributed by atoms with Crippen molar-refractivity contribution in [2.75, 3.05) is 0 Å². The lowest BCUT2D eigenvalue weighted by Gasteiger charge is -1.95. The first-order chi connectivity index (χ1) is 7.11. The van der Waals surface area contributed by atoms with E-state index in [1.807, 2.05) is 6.07 Å². The van der Waals surface area contributed by atoms with Crippen molar-refractivity contribution >= 4 is 11.7 Å². The van der Waals surface area contributed by atoms with Gasteiger partial charge in [0.15, 0.2) is 0 Å². The Morgan fingerprint density at radius 1 is 1.20 bits per heavy atom. The second-order valence-corrected chi connectivity index (χ2v) is 2.77. The van der Waals surface area contributed by atoms with E-state index < -0.39 is 11.7 Å². The van der Waals surface area contributed by atoms with Gasteiger partial charge in [-0.1, -0.05) is 18.2 Å². The highest BCUT2D eigenvalue weighted by Crippen LogP contribution is 2.13. The molecule has 1 aromatic carbocycles. The second kappa shape index (κ2) is 4.90. The van der Waals surface area contributed by atoms with Crippen molar-refractivity contribution in [3.63, 3.8) is 0 Å². The number of aliphatic hydroxyl groups excluding tert-OH is 1. The molecule has 0 bridgehead atoms. The average Bonchev–Trinajstić information content (AvgIpc) is 2.18. The molecule has 2 N–H and O–H groups in total. The molecule has 5 heteroatoms. The van der Waals surface area contributed by atoms with Crippen LogP contribution in [0.2, 0.25) is 0 Å². The number of hydrogen-bond acceptors (Lipinski definition) is 4. The molecular formula is C10H10N2O3. The Morgan fingerprint density at radius 2 is 1.80 bits per heavy atom. The van der Waals surface area contributed by atoms with Gasteiger partial charge >= 0.3 is 5.97 Å². The summed E-state index contributed by atoms with van der Waals surface area (Å²) in [5.74, 6) is -1.68. The van der Waals surface area contributed by atoms with Crippen LogP contribution in [0.1, 0.15) is 6.92 Å². The predicted octanol–water partition coefficient (Wildman–Crippen LogP) is 2.64. The number of benzene rings is 1. The third-order valence-electron chi connectivity index (χ3n) is 1.57. The highest BCUT2D eigenvalue weighted by Gasteiger charge is 2.09. The molecule has 78 valence electrons. The van der Waals surface area contributed by atoms with E-state index in [4.69, 9.17) is 10.2 Å². The van der Waals surface area contributed by atoms with Crippen LogP contribution in [0.4, 0.5) is 5.69 Å². The van der Waals surface area contributed by atoms with Crippen LogP contribution in [0.15, 0.2) is 52.0 Å². The molecule has 0 aliphatic rings. The summed E-state index contributed by atoms with van der Waals surface area (Å²) in [6.45, 7) is 1.24. The van der Waals surface area contributed by atoms with Crippen LogP contribution in [-0.2, 0) is 4.79 Å². The number of aliphatic carboxylic acids is 1. The molecule has 0 amide bonds. The third kappa shape index (κ3) is 3.22. The van der Waals surface area contributed by atoms with Crippen molar-refractivity contribution in [1.82, 2.24) is 0 Å². The number of carboxylic acid groups (broad SMARTS) is 1. The Labute approximate surface area is 86.4 Å². The minimum absolute atomic E-state index is 0.373. The lowest BCUT2D eigenvalue weighted by Crippen LogP contribution is -2.00. The Morgan fingerprint density at radius 3 is 2.27 bits per heavy atom. The van der Waals surface area contributed by atoms with E-state index in [1.165, 1.54) is 6.92 Å². The van der Waals surface area contributed by atoms with Gasteiger partial charge in [-0.15, -0.1) is 5.11 Å². The van der Waals surface area contributed by atoms with Crippen molar-refractivity contribution < 1.29 is 15.0 Å². The van der Waals surface area contributed by atoms with Gasteiger partial charge in [0.1, 0.15) is 5.76 Å². The number of hydrogen-bond donors (Lipinski definition) is 2. The van der Waals surface area contributed by atoms with Gasteiger partial charge in [-0.3, -0.25) is 0 Å². The van der Waals surface area contributed by atoms with Crippen LogP contribution in [0.25, 0.3) is 0 Å². The number of carboxylic acids is 1. The number of aliphatic hydroxyl groups is 1. The second-order valence-electron chi connectivity index (χ2n) is 2.77. The van der Waals surface area contributed by atoms with E-state index in [9.17, 15) is 4.79 Å². The van der Waals surface area contributed by atoms with Gasteiger partial charge in [0, 0.05) is 0 Å². The quantitative estimate of drug-likeness (QED) is 0.453. The van der Waals surface area contributed by atoms with Crippen molar-refractivity contribution in [3.8, 4) is 0 Å². The van der Waals surface area contributed by atoms with Gasteiger partial charge in [0.2, 0.25) is 5.70 Å². The number of azo groups is 1. The maximum atomic E-state index is 10.6. The van der Waals surface area contributed by atoms with Crippen LogP contribution < -0.4 is 0 Å². The van der Waals surface area contributed by atoms with E-state index in [1.54, 1.807) is 24.3 Å². The lowest BCUT2D eigenvalue weighted by atomic mass is 10.3. The Balaban J connectivity index is 2.90. The van der Waals surface area contributed by atoms with Crippen LogP contribution in [0.3, 0.4) is 0 Å². The molecule has 0 saturated carbocycles. The Bertz CT molecular complexity index is 406. The van der Waals surface area contributed by atoms with Crippen LogP contribution >= 0.6 is 0 Å². The summed E-state index contributed by atoms with van der Waals surface area (Å²) in [6.07, 6.45) is 0. The van der Waals surface area contributed by atoms with E-state index in [0.717, 1.165) is 0 Å². The van der Waals surface area contributed by atoms with Crippen molar-refractivity contribution in [2.45, 2.75) is 6.92 Å². The fourth-order valence-corrected chi connectivity index (χ4v) is 0.872. The normalized spacial score (nSPS) is 12.6. The maximum absolute atomic E-state index is 10.6. The number of carbonyl (C=O) groups is 1. The van der Waals surface area contributed by atoms with Gasteiger partial charge in [-0.25, -0.2) is 4.79 Å². The monoisotopic (exact) mass is 206 g/mol. The SMILES string of the molecule is C/C(O)=C(\N=Nc1ccccc1)C(=O)O. The minimum atomic E-state index is -1.31. The molecule has 0 aromatic heterocycles. The molecule has 1 aromatic rings. The standard InChI is InChI=1S/C10H10N2O3/c1-7(13)9(10(14)15)12-11-8-5-3-2-4-6-8/h2-6,13H,1H3,(H,14,15)/b9-7+,12-11?. The number of rotatable bonds is 3. The van der Waals surface area contributed by atoms with Crippen molar-refractivity contribution in [1.29, 1.82) is 0 Å². The summed E-state index contributed by atoms with van der Waals surface area (Å²) < 4.78 is 0. The highest BCUT2D eigenvalue weighted by atomic mass is 16.4. The first-order valence-electron chi connectivity index (χ1n) is 4.21. The molecule has 0 atom stereocenters. The summed E-state index contributed by atoms with van der Waals surface area (Å²) in [5.41, 5.74) is 0.0661. The summed E-state index contributed by atoms with van der Waals surface area (Å²) in [5, 5.41) is 24.8. The highest BCUT2D eigenvalue weighted by molar-refractivity contribution is 5.86. The van der Waals surface area contributed by atoms with Gasteiger partial charge in [-0.05, 0) is 19.1 Å². The number of nitrogens with zero attached hydrogens (tertiary/aromatic N) is 2. The molecule has 15 heavy (non-hydrogen) atoms. The van der Waals surface area contributed by atoms with Gasteiger partial charge in [-0.2, -0.15) is 5.11 Å². The van der Waals surface area contributed by atoms with Crippen LogP contribution in [0.5, 0.6) is 0 Å². The summed E-state index contributed by atoms with van der Waals surface area (Å²) >= 11 is 0. The number of allylic oxidation sites excluding steroid dienone is 1. The Kier molecular flexibility index (Phi) is 3.56. The topological polar surface area (TPSA) is 82.2 Å².